The summed E-state index contributed by atoms with van der Waals surface area (Å²) in [6.45, 7) is 5.86. The molecule has 0 aliphatic rings. The summed E-state index contributed by atoms with van der Waals surface area (Å²) in [6.07, 6.45) is 7.77. The first-order valence-corrected chi connectivity index (χ1v) is 14.3. The van der Waals surface area contributed by atoms with Crippen LogP contribution >= 0.6 is 0 Å². The van der Waals surface area contributed by atoms with Crippen molar-refractivity contribution < 1.29 is 0 Å². The van der Waals surface area contributed by atoms with Crippen molar-refractivity contribution >= 4 is 5.57 Å². The number of allylic oxidation sites excluding steroid dienone is 5. The first-order valence-electron chi connectivity index (χ1n) is 14.3. The predicted octanol–water partition coefficient (Wildman–Crippen LogP) is 10.4. The molecule has 3 heteroatoms. The number of aromatic nitrogens is 3. The fraction of sp³-hybridized carbons (Fsp3) is 0.0250. The van der Waals surface area contributed by atoms with Gasteiger partial charge in [0.1, 0.15) is 0 Å². The molecule has 206 valence electrons. The summed E-state index contributed by atoms with van der Waals surface area (Å²) < 4.78 is 0. The summed E-state index contributed by atoms with van der Waals surface area (Å²) in [4.78, 5) is 15.1. The van der Waals surface area contributed by atoms with E-state index in [-0.39, 0.29) is 0 Å². The highest BCUT2D eigenvalue weighted by molar-refractivity contribution is 5.76. The third-order valence-electron chi connectivity index (χ3n) is 7.26. The van der Waals surface area contributed by atoms with E-state index in [2.05, 4.69) is 141 Å². The van der Waals surface area contributed by atoms with E-state index in [1.165, 1.54) is 0 Å². The molecule has 0 saturated carbocycles. The molecule has 0 bridgehead atoms. The van der Waals surface area contributed by atoms with Crippen LogP contribution in [0, 0.1) is 0 Å². The zero-order chi connectivity index (χ0) is 29.4. The minimum atomic E-state index is 0.631. The number of rotatable bonds is 8. The number of hydrogen-bond donors (Lipinski definition) is 0. The Labute approximate surface area is 253 Å². The Morgan fingerprint density at radius 1 is 0.465 bits per heavy atom. The smallest absolute Gasteiger partial charge is 0.164 e. The Bertz CT molecular complexity index is 1840. The highest BCUT2D eigenvalue weighted by Gasteiger charge is 2.14. The van der Waals surface area contributed by atoms with Crippen LogP contribution in [-0.2, 0) is 0 Å². The molecule has 43 heavy (non-hydrogen) atoms. The molecule has 0 fully saturated rings. The van der Waals surface area contributed by atoms with Crippen molar-refractivity contribution in [2.24, 2.45) is 0 Å². The summed E-state index contributed by atoms with van der Waals surface area (Å²) in [5, 5.41) is 0. The quantitative estimate of drug-likeness (QED) is 0.176. The fourth-order valence-corrected chi connectivity index (χ4v) is 4.98. The Balaban J connectivity index is 1.49. The SMILES string of the molecule is C=C/C=C\C=C(/C)c1cccc(-c2nc(-c3cccc(-c4ccccc4)c3)nc(-c3cccc(-c4ccccc4)c3)n2)c1. The van der Waals surface area contributed by atoms with Crippen LogP contribution in [0.5, 0.6) is 0 Å². The third-order valence-corrected chi connectivity index (χ3v) is 7.26. The third kappa shape index (κ3) is 6.47. The van der Waals surface area contributed by atoms with Crippen LogP contribution in [0.1, 0.15) is 12.5 Å². The summed E-state index contributed by atoms with van der Waals surface area (Å²) in [5.74, 6) is 1.90. The van der Waals surface area contributed by atoms with E-state index in [0.717, 1.165) is 50.1 Å². The topological polar surface area (TPSA) is 38.7 Å². The Hall–Kier alpha value is -5.67. The molecule has 0 aliphatic carbocycles. The molecule has 0 atom stereocenters. The molecule has 0 N–H and O–H groups in total. The molecule has 0 amide bonds. The maximum Gasteiger partial charge on any atom is 0.164 e. The molecule has 0 saturated heterocycles. The van der Waals surface area contributed by atoms with Gasteiger partial charge in [0.05, 0.1) is 0 Å². The van der Waals surface area contributed by atoms with E-state index < -0.39 is 0 Å². The normalized spacial score (nSPS) is 11.5. The van der Waals surface area contributed by atoms with Crippen molar-refractivity contribution in [3.05, 3.63) is 170 Å². The zero-order valence-electron chi connectivity index (χ0n) is 24.1. The van der Waals surface area contributed by atoms with Gasteiger partial charge in [-0.05, 0) is 58.5 Å². The standard InChI is InChI=1S/C40H31N3/c1-3-4-7-15-29(2)32-20-12-23-35(26-32)38-41-39(36-24-13-21-33(27-36)30-16-8-5-9-17-30)43-40(42-38)37-25-14-22-34(28-37)31-18-10-6-11-19-31/h3-28H,1H2,2H3/b7-4-,29-15+. The molecule has 0 radical (unpaired) electrons. The maximum absolute atomic E-state index is 5.02. The lowest BCUT2D eigenvalue weighted by Crippen LogP contribution is -2.00. The van der Waals surface area contributed by atoms with Gasteiger partial charge >= 0.3 is 0 Å². The van der Waals surface area contributed by atoms with Crippen molar-refractivity contribution in [3.63, 3.8) is 0 Å². The monoisotopic (exact) mass is 553 g/mol. The lowest BCUT2D eigenvalue weighted by atomic mass is 10.0. The van der Waals surface area contributed by atoms with Gasteiger partial charge in [0.2, 0.25) is 0 Å². The van der Waals surface area contributed by atoms with Gasteiger partial charge in [-0.2, -0.15) is 0 Å². The molecular weight excluding hydrogens is 522 g/mol. The van der Waals surface area contributed by atoms with Gasteiger partial charge in [-0.3, -0.25) is 0 Å². The Morgan fingerprint density at radius 3 is 1.37 bits per heavy atom. The number of benzene rings is 5. The second-order valence-electron chi connectivity index (χ2n) is 10.3. The first kappa shape index (κ1) is 27.5. The molecule has 5 aromatic carbocycles. The predicted molar refractivity (Wildman–Crippen MR) is 180 cm³/mol. The highest BCUT2D eigenvalue weighted by atomic mass is 15.0. The van der Waals surface area contributed by atoms with E-state index in [1.54, 1.807) is 6.08 Å². The summed E-state index contributed by atoms with van der Waals surface area (Å²) in [6, 6.07) is 45.8. The average Bonchev–Trinajstić information content (AvgIpc) is 3.09. The lowest BCUT2D eigenvalue weighted by Gasteiger charge is -2.11. The van der Waals surface area contributed by atoms with Gasteiger partial charge in [-0.1, -0.05) is 146 Å². The highest BCUT2D eigenvalue weighted by Crippen LogP contribution is 2.30. The molecule has 0 aliphatic heterocycles. The van der Waals surface area contributed by atoms with Gasteiger partial charge in [-0.25, -0.2) is 15.0 Å². The Kier molecular flexibility index (Phi) is 8.24. The van der Waals surface area contributed by atoms with Crippen LogP contribution < -0.4 is 0 Å². The van der Waals surface area contributed by atoms with Crippen molar-refractivity contribution in [1.29, 1.82) is 0 Å². The van der Waals surface area contributed by atoms with Gasteiger partial charge in [-0.15, -0.1) is 0 Å². The summed E-state index contributed by atoms with van der Waals surface area (Å²) in [7, 11) is 0. The molecular formula is C40H31N3. The molecule has 1 heterocycles. The summed E-state index contributed by atoms with van der Waals surface area (Å²) in [5.41, 5.74) is 9.57. The zero-order valence-corrected chi connectivity index (χ0v) is 24.1. The van der Waals surface area contributed by atoms with Gasteiger partial charge in [0.15, 0.2) is 17.5 Å². The van der Waals surface area contributed by atoms with Crippen LogP contribution in [0.4, 0.5) is 0 Å². The average molecular weight is 554 g/mol. The van der Waals surface area contributed by atoms with Crippen LogP contribution in [0.2, 0.25) is 0 Å². The van der Waals surface area contributed by atoms with Crippen LogP contribution in [0.15, 0.2) is 164 Å². The van der Waals surface area contributed by atoms with Crippen molar-refractivity contribution in [3.8, 4) is 56.4 Å². The Morgan fingerprint density at radius 2 is 0.884 bits per heavy atom. The lowest BCUT2D eigenvalue weighted by molar-refractivity contribution is 1.07. The van der Waals surface area contributed by atoms with Crippen molar-refractivity contribution in [1.82, 2.24) is 15.0 Å². The van der Waals surface area contributed by atoms with E-state index in [4.69, 9.17) is 15.0 Å². The maximum atomic E-state index is 5.02. The van der Waals surface area contributed by atoms with E-state index in [1.807, 2.05) is 24.3 Å². The van der Waals surface area contributed by atoms with Crippen molar-refractivity contribution in [2.45, 2.75) is 6.92 Å². The minimum absolute atomic E-state index is 0.631. The molecule has 1 aromatic heterocycles. The van der Waals surface area contributed by atoms with E-state index in [0.29, 0.717) is 17.5 Å². The number of hydrogen-bond acceptors (Lipinski definition) is 3. The second kappa shape index (κ2) is 12.9. The van der Waals surface area contributed by atoms with Crippen LogP contribution in [0.3, 0.4) is 0 Å². The number of nitrogens with zero attached hydrogens (tertiary/aromatic N) is 3. The largest absolute Gasteiger partial charge is 0.208 e. The van der Waals surface area contributed by atoms with Crippen LogP contribution in [0.25, 0.3) is 62.0 Å². The fourth-order valence-electron chi connectivity index (χ4n) is 4.98. The molecule has 0 unspecified atom stereocenters. The molecule has 3 nitrogen and oxygen atoms in total. The van der Waals surface area contributed by atoms with Crippen molar-refractivity contribution in [2.75, 3.05) is 0 Å². The molecule has 6 aromatic rings. The van der Waals surface area contributed by atoms with E-state index >= 15 is 0 Å². The van der Waals surface area contributed by atoms with Gasteiger partial charge in [0.25, 0.3) is 0 Å². The summed E-state index contributed by atoms with van der Waals surface area (Å²) >= 11 is 0. The van der Waals surface area contributed by atoms with Crippen LogP contribution in [-0.4, -0.2) is 15.0 Å². The first-order chi connectivity index (χ1) is 21.2. The minimum Gasteiger partial charge on any atom is -0.208 e. The molecule has 0 spiro atoms. The van der Waals surface area contributed by atoms with E-state index in [9.17, 15) is 0 Å². The van der Waals surface area contributed by atoms with Gasteiger partial charge < -0.3 is 0 Å². The molecule has 6 rings (SSSR count). The van der Waals surface area contributed by atoms with Gasteiger partial charge in [0, 0.05) is 16.7 Å². The second-order valence-corrected chi connectivity index (χ2v) is 10.3.